The molecular formula is C27H25FN4O3. The van der Waals surface area contributed by atoms with E-state index in [-0.39, 0.29) is 23.4 Å². The van der Waals surface area contributed by atoms with Crippen molar-refractivity contribution in [1.82, 2.24) is 20.4 Å². The van der Waals surface area contributed by atoms with E-state index >= 15 is 0 Å². The standard InChI is InChI=1S/C27H25FN4O3/c1-18-6-8-19(9-7-18)25-24(17-32(31-25)22-12-10-21(28)11-13-22)27(35)30-15-3-14-29-26(34)20-4-2-5-23(33)16-20/h2,4-13,16-17,33H,3,14-15H2,1H3,(H,29,34)(H,30,35). The van der Waals surface area contributed by atoms with Crippen LogP contribution in [0.5, 0.6) is 5.75 Å². The number of phenols is 1. The highest BCUT2D eigenvalue weighted by Gasteiger charge is 2.18. The number of aromatic nitrogens is 2. The number of hydrogen-bond acceptors (Lipinski definition) is 4. The van der Waals surface area contributed by atoms with Crippen molar-refractivity contribution < 1.29 is 19.1 Å². The van der Waals surface area contributed by atoms with E-state index in [2.05, 4.69) is 15.7 Å². The van der Waals surface area contributed by atoms with Crippen molar-refractivity contribution >= 4 is 11.8 Å². The van der Waals surface area contributed by atoms with Crippen LogP contribution < -0.4 is 10.6 Å². The Morgan fingerprint density at radius 2 is 1.63 bits per heavy atom. The summed E-state index contributed by atoms with van der Waals surface area (Å²) in [5.41, 5.74) is 3.79. The first-order valence-corrected chi connectivity index (χ1v) is 11.2. The van der Waals surface area contributed by atoms with Crippen LogP contribution in [0.2, 0.25) is 0 Å². The lowest BCUT2D eigenvalue weighted by Crippen LogP contribution is -2.30. The van der Waals surface area contributed by atoms with E-state index in [0.717, 1.165) is 11.1 Å². The number of nitrogens with zero attached hydrogens (tertiary/aromatic N) is 2. The zero-order valence-corrected chi connectivity index (χ0v) is 19.2. The van der Waals surface area contributed by atoms with Gasteiger partial charge in [0.05, 0.1) is 11.3 Å². The first-order chi connectivity index (χ1) is 16.9. The Hall–Kier alpha value is -4.46. The number of phenolic OH excluding ortho intramolecular Hbond substituents is 1. The fourth-order valence-electron chi connectivity index (χ4n) is 3.53. The number of rotatable bonds is 8. The van der Waals surface area contributed by atoms with Crippen molar-refractivity contribution in [2.45, 2.75) is 13.3 Å². The van der Waals surface area contributed by atoms with Crippen molar-refractivity contribution in [2.24, 2.45) is 0 Å². The zero-order chi connectivity index (χ0) is 24.8. The van der Waals surface area contributed by atoms with Gasteiger partial charge in [0.15, 0.2) is 0 Å². The monoisotopic (exact) mass is 472 g/mol. The van der Waals surface area contributed by atoms with Gasteiger partial charge in [-0.3, -0.25) is 9.59 Å². The average molecular weight is 473 g/mol. The van der Waals surface area contributed by atoms with Crippen molar-refractivity contribution in [3.05, 3.63) is 102 Å². The van der Waals surface area contributed by atoms with Crippen LogP contribution in [0.4, 0.5) is 4.39 Å². The third kappa shape index (κ3) is 5.92. The van der Waals surface area contributed by atoms with E-state index in [1.807, 2.05) is 31.2 Å². The third-order valence-electron chi connectivity index (χ3n) is 5.41. The molecule has 0 bridgehead atoms. The number of aromatic hydroxyl groups is 1. The minimum Gasteiger partial charge on any atom is -0.508 e. The minimum atomic E-state index is -0.353. The van der Waals surface area contributed by atoms with Gasteiger partial charge < -0.3 is 15.7 Å². The fraction of sp³-hybridized carbons (Fsp3) is 0.148. The molecule has 4 rings (SSSR count). The van der Waals surface area contributed by atoms with E-state index in [1.165, 1.54) is 24.3 Å². The molecule has 0 saturated carbocycles. The van der Waals surface area contributed by atoms with Crippen LogP contribution >= 0.6 is 0 Å². The molecule has 178 valence electrons. The number of carbonyl (C=O) groups excluding carboxylic acids is 2. The molecule has 7 nitrogen and oxygen atoms in total. The molecule has 8 heteroatoms. The normalized spacial score (nSPS) is 10.7. The van der Waals surface area contributed by atoms with Crippen LogP contribution in [0, 0.1) is 12.7 Å². The Labute approximate surface area is 202 Å². The lowest BCUT2D eigenvalue weighted by molar-refractivity contribution is 0.0951. The summed E-state index contributed by atoms with van der Waals surface area (Å²) >= 11 is 0. The van der Waals surface area contributed by atoms with Gasteiger partial charge in [-0.1, -0.05) is 35.9 Å². The van der Waals surface area contributed by atoms with Crippen molar-refractivity contribution in [1.29, 1.82) is 0 Å². The Morgan fingerprint density at radius 1 is 0.943 bits per heavy atom. The van der Waals surface area contributed by atoms with E-state index in [9.17, 15) is 19.1 Å². The first kappa shape index (κ1) is 23.7. The number of nitrogens with one attached hydrogen (secondary N) is 2. The molecule has 0 aliphatic rings. The van der Waals surface area contributed by atoms with Crippen LogP contribution in [-0.4, -0.2) is 39.8 Å². The highest BCUT2D eigenvalue weighted by atomic mass is 19.1. The van der Waals surface area contributed by atoms with Gasteiger partial charge in [0, 0.05) is 30.4 Å². The molecule has 1 heterocycles. The van der Waals surface area contributed by atoms with Gasteiger partial charge in [0.25, 0.3) is 11.8 Å². The fourth-order valence-corrected chi connectivity index (χ4v) is 3.53. The molecule has 3 aromatic carbocycles. The summed E-state index contributed by atoms with van der Waals surface area (Å²) < 4.78 is 14.9. The SMILES string of the molecule is Cc1ccc(-c2nn(-c3ccc(F)cc3)cc2C(=O)NCCCNC(=O)c2cccc(O)c2)cc1. The molecule has 0 spiro atoms. The summed E-state index contributed by atoms with van der Waals surface area (Å²) in [7, 11) is 0. The Balaban J connectivity index is 1.42. The number of benzene rings is 3. The molecule has 0 radical (unpaired) electrons. The number of aryl methyl sites for hydroxylation is 1. The summed E-state index contributed by atoms with van der Waals surface area (Å²) in [6.07, 6.45) is 2.14. The molecule has 1 aromatic heterocycles. The molecule has 0 aliphatic heterocycles. The second-order valence-electron chi connectivity index (χ2n) is 8.09. The molecule has 35 heavy (non-hydrogen) atoms. The highest BCUT2D eigenvalue weighted by Crippen LogP contribution is 2.24. The summed E-state index contributed by atoms with van der Waals surface area (Å²) in [4.78, 5) is 25.2. The largest absolute Gasteiger partial charge is 0.508 e. The van der Waals surface area contributed by atoms with E-state index in [4.69, 9.17) is 0 Å². The van der Waals surface area contributed by atoms with E-state index < -0.39 is 0 Å². The zero-order valence-electron chi connectivity index (χ0n) is 19.2. The summed E-state index contributed by atoms with van der Waals surface area (Å²) in [6.45, 7) is 2.68. The minimum absolute atomic E-state index is 0.0236. The van der Waals surface area contributed by atoms with Crippen molar-refractivity contribution in [3.8, 4) is 22.7 Å². The Kier molecular flexibility index (Phi) is 7.21. The lowest BCUT2D eigenvalue weighted by Gasteiger charge is -2.07. The molecule has 4 aromatic rings. The van der Waals surface area contributed by atoms with Crippen LogP contribution in [0.25, 0.3) is 16.9 Å². The summed E-state index contributed by atoms with van der Waals surface area (Å²) in [6, 6.07) is 19.7. The summed E-state index contributed by atoms with van der Waals surface area (Å²) in [5.74, 6) is -0.924. The molecule has 0 unspecified atom stereocenters. The van der Waals surface area contributed by atoms with Gasteiger partial charge >= 0.3 is 0 Å². The van der Waals surface area contributed by atoms with Crippen LogP contribution in [0.15, 0.2) is 79.0 Å². The van der Waals surface area contributed by atoms with Crippen molar-refractivity contribution in [2.75, 3.05) is 13.1 Å². The second-order valence-corrected chi connectivity index (χ2v) is 8.09. The molecule has 2 amide bonds. The number of halogens is 1. The van der Waals surface area contributed by atoms with Gasteiger partial charge in [0.1, 0.15) is 17.3 Å². The number of amides is 2. The molecule has 0 saturated heterocycles. The predicted octanol–water partition coefficient (Wildman–Crippen LogP) is 4.24. The van der Waals surface area contributed by atoms with Gasteiger partial charge in [-0.15, -0.1) is 0 Å². The smallest absolute Gasteiger partial charge is 0.255 e. The van der Waals surface area contributed by atoms with E-state index in [1.54, 1.807) is 35.1 Å². The van der Waals surface area contributed by atoms with Gasteiger partial charge in [-0.25, -0.2) is 9.07 Å². The quantitative estimate of drug-likeness (QED) is 0.334. The molecule has 0 aliphatic carbocycles. The van der Waals surface area contributed by atoms with Gasteiger partial charge in [-0.2, -0.15) is 5.10 Å². The van der Waals surface area contributed by atoms with Gasteiger partial charge in [0.2, 0.25) is 0 Å². The maximum Gasteiger partial charge on any atom is 0.255 e. The lowest BCUT2D eigenvalue weighted by atomic mass is 10.1. The molecule has 0 fully saturated rings. The van der Waals surface area contributed by atoms with Crippen LogP contribution in [0.1, 0.15) is 32.7 Å². The maximum absolute atomic E-state index is 13.4. The first-order valence-electron chi connectivity index (χ1n) is 11.2. The molecule has 0 atom stereocenters. The molecule has 3 N–H and O–H groups in total. The summed E-state index contributed by atoms with van der Waals surface area (Å²) in [5, 5.41) is 19.7. The van der Waals surface area contributed by atoms with Crippen LogP contribution in [0.3, 0.4) is 0 Å². The predicted molar refractivity (Wildman–Crippen MR) is 131 cm³/mol. The maximum atomic E-state index is 13.4. The van der Waals surface area contributed by atoms with E-state index in [0.29, 0.717) is 42.0 Å². The van der Waals surface area contributed by atoms with Crippen LogP contribution in [-0.2, 0) is 0 Å². The Morgan fingerprint density at radius 3 is 2.31 bits per heavy atom. The topological polar surface area (TPSA) is 96.3 Å². The number of hydrogen-bond donors (Lipinski definition) is 3. The Bertz CT molecular complexity index is 1330. The highest BCUT2D eigenvalue weighted by molar-refractivity contribution is 6.00. The third-order valence-corrected chi connectivity index (χ3v) is 5.41. The van der Waals surface area contributed by atoms with Crippen molar-refractivity contribution in [3.63, 3.8) is 0 Å². The number of carbonyl (C=O) groups is 2. The average Bonchev–Trinajstić information content (AvgIpc) is 3.30. The second kappa shape index (κ2) is 10.6. The van der Waals surface area contributed by atoms with Gasteiger partial charge in [-0.05, 0) is 55.8 Å². The molecular weight excluding hydrogens is 447 g/mol.